The van der Waals surface area contributed by atoms with E-state index in [4.69, 9.17) is 9.97 Å². The summed E-state index contributed by atoms with van der Waals surface area (Å²) in [5.41, 5.74) is 12.1. The number of aromatic nitrogens is 3. The fourth-order valence-corrected chi connectivity index (χ4v) is 6.66. The summed E-state index contributed by atoms with van der Waals surface area (Å²) in [6.45, 7) is 0. The molecule has 0 amide bonds. The second-order valence-electron chi connectivity index (χ2n) is 11.4. The van der Waals surface area contributed by atoms with Gasteiger partial charge in [-0.1, -0.05) is 91.0 Å². The summed E-state index contributed by atoms with van der Waals surface area (Å²) in [6.07, 6.45) is 0. The normalized spacial score (nSPS) is 11.5. The summed E-state index contributed by atoms with van der Waals surface area (Å²) < 4.78 is 2.25. The van der Waals surface area contributed by atoms with Gasteiger partial charge in [-0.05, 0) is 82.2 Å². The minimum atomic E-state index is 0.652. The van der Waals surface area contributed by atoms with Crippen LogP contribution in [-0.4, -0.2) is 14.5 Å². The van der Waals surface area contributed by atoms with Crippen LogP contribution in [0.25, 0.3) is 82.6 Å². The summed E-state index contributed by atoms with van der Waals surface area (Å²) in [6, 6.07) is 52.7. The molecular weight excluding hydrogens is 548 g/mol. The summed E-state index contributed by atoms with van der Waals surface area (Å²) in [5.74, 6) is 0. The van der Waals surface area contributed by atoms with E-state index in [2.05, 4.69) is 102 Å². The molecule has 2 heterocycles. The van der Waals surface area contributed by atoms with Crippen LogP contribution in [0, 0.1) is 11.3 Å². The minimum Gasteiger partial charge on any atom is -0.309 e. The highest BCUT2D eigenvalue weighted by Gasteiger charge is 2.15. The third-order valence-corrected chi connectivity index (χ3v) is 8.79. The van der Waals surface area contributed by atoms with Gasteiger partial charge in [-0.2, -0.15) is 5.26 Å². The molecule has 2 aromatic heterocycles. The number of hydrogen-bond acceptors (Lipinski definition) is 3. The van der Waals surface area contributed by atoms with Gasteiger partial charge in [0.2, 0.25) is 0 Å². The Bertz CT molecular complexity index is 2640. The first-order valence-electron chi connectivity index (χ1n) is 15.0. The van der Waals surface area contributed by atoms with Crippen molar-refractivity contribution in [3.05, 3.63) is 151 Å². The Labute approximate surface area is 259 Å². The van der Waals surface area contributed by atoms with E-state index in [-0.39, 0.29) is 0 Å². The number of benzene rings is 7. The van der Waals surface area contributed by atoms with Crippen LogP contribution >= 0.6 is 0 Å². The molecule has 0 aliphatic heterocycles. The van der Waals surface area contributed by atoms with Crippen molar-refractivity contribution in [3.63, 3.8) is 0 Å². The lowest BCUT2D eigenvalue weighted by atomic mass is 9.94. The smallest absolute Gasteiger partial charge is 0.0992 e. The Kier molecular flexibility index (Phi) is 5.53. The van der Waals surface area contributed by atoms with Crippen LogP contribution in [0.15, 0.2) is 146 Å². The zero-order valence-electron chi connectivity index (χ0n) is 24.1. The monoisotopic (exact) mass is 572 g/mol. The fourth-order valence-electron chi connectivity index (χ4n) is 6.66. The Hall–Kier alpha value is -6.31. The molecule has 0 saturated heterocycles. The maximum absolute atomic E-state index is 9.62. The van der Waals surface area contributed by atoms with Crippen molar-refractivity contribution in [1.29, 1.82) is 5.26 Å². The van der Waals surface area contributed by atoms with Gasteiger partial charge < -0.3 is 4.57 Å². The molecule has 4 nitrogen and oxygen atoms in total. The Morgan fingerprint density at radius 2 is 1.16 bits per heavy atom. The number of nitrogens with zero attached hydrogens (tertiary/aromatic N) is 4. The molecule has 0 N–H and O–H groups in total. The average molecular weight is 573 g/mol. The lowest BCUT2D eigenvalue weighted by Gasteiger charge is -2.12. The molecular formula is C41H24N4. The molecule has 0 spiro atoms. The van der Waals surface area contributed by atoms with Crippen molar-refractivity contribution in [2.45, 2.75) is 0 Å². The van der Waals surface area contributed by atoms with Crippen LogP contribution in [0.4, 0.5) is 0 Å². The van der Waals surface area contributed by atoms with Crippen LogP contribution in [-0.2, 0) is 0 Å². The van der Waals surface area contributed by atoms with E-state index in [1.807, 2.05) is 54.6 Å². The predicted molar refractivity (Wildman–Crippen MR) is 184 cm³/mol. The van der Waals surface area contributed by atoms with Gasteiger partial charge in [-0.25, -0.2) is 9.97 Å². The molecule has 9 aromatic rings. The summed E-state index contributed by atoms with van der Waals surface area (Å²) in [4.78, 5) is 9.98. The zero-order valence-corrected chi connectivity index (χ0v) is 24.1. The molecule has 0 atom stereocenters. The van der Waals surface area contributed by atoms with Crippen molar-refractivity contribution in [2.24, 2.45) is 0 Å². The second kappa shape index (κ2) is 9.87. The van der Waals surface area contributed by atoms with Crippen molar-refractivity contribution in [2.75, 3.05) is 0 Å². The first-order chi connectivity index (χ1) is 22.2. The Balaban J connectivity index is 1.18. The SMILES string of the molecule is N#Cc1ccc2c3cc(-c4ccc(-c5cc6nc7ccccc7nc6c6ccccc56)cc4)ccc3n(-c3ccccc3)c2c1. The zero-order chi connectivity index (χ0) is 29.9. The maximum Gasteiger partial charge on any atom is 0.0992 e. The van der Waals surface area contributed by atoms with Gasteiger partial charge in [0.25, 0.3) is 0 Å². The number of rotatable bonds is 3. The van der Waals surface area contributed by atoms with Gasteiger partial charge in [-0.15, -0.1) is 0 Å². The first-order valence-corrected chi connectivity index (χ1v) is 15.0. The molecule has 0 radical (unpaired) electrons. The van der Waals surface area contributed by atoms with Gasteiger partial charge in [0.1, 0.15) is 0 Å². The quantitative estimate of drug-likeness (QED) is 0.156. The van der Waals surface area contributed by atoms with Gasteiger partial charge in [0.05, 0.1) is 44.7 Å². The summed E-state index contributed by atoms with van der Waals surface area (Å²) in [7, 11) is 0. The molecule has 0 unspecified atom stereocenters. The highest BCUT2D eigenvalue weighted by molar-refractivity contribution is 6.13. The lowest BCUT2D eigenvalue weighted by molar-refractivity contribution is 1.18. The van der Waals surface area contributed by atoms with E-state index in [9.17, 15) is 5.26 Å². The average Bonchev–Trinajstić information content (AvgIpc) is 3.43. The van der Waals surface area contributed by atoms with Crippen LogP contribution in [0.1, 0.15) is 5.56 Å². The van der Waals surface area contributed by atoms with E-state index in [0.29, 0.717) is 5.56 Å². The van der Waals surface area contributed by atoms with Crippen LogP contribution in [0.3, 0.4) is 0 Å². The molecule has 7 aromatic carbocycles. The van der Waals surface area contributed by atoms with E-state index in [1.54, 1.807) is 0 Å². The number of nitriles is 1. The largest absolute Gasteiger partial charge is 0.309 e. The molecule has 4 heteroatoms. The molecule has 0 bridgehead atoms. The third kappa shape index (κ3) is 3.99. The Morgan fingerprint density at radius 1 is 0.467 bits per heavy atom. The number of para-hydroxylation sites is 3. The van der Waals surface area contributed by atoms with Crippen molar-refractivity contribution in [1.82, 2.24) is 14.5 Å². The van der Waals surface area contributed by atoms with Crippen molar-refractivity contribution < 1.29 is 0 Å². The highest BCUT2D eigenvalue weighted by Crippen LogP contribution is 2.38. The van der Waals surface area contributed by atoms with Crippen LogP contribution < -0.4 is 0 Å². The molecule has 0 aliphatic rings. The molecule has 0 saturated carbocycles. The van der Waals surface area contributed by atoms with Gasteiger partial charge >= 0.3 is 0 Å². The standard InChI is InChI=1S/C41H24N4/c42-25-26-14-20-32-35-23-29(19-21-39(35)45(40(32)22-26)30-8-2-1-3-9-30)27-15-17-28(18-16-27)34-24-38-41(33-11-5-4-10-31(33)34)44-37-13-7-6-12-36(37)43-38/h1-24H. The van der Waals surface area contributed by atoms with Crippen molar-refractivity contribution >= 4 is 54.6 Å². The highest BCUT2D eigenvalue weighted by atomic mass is 15.0. The molecule has 0 aliphatic carbocycles. The minimum absolute atomic E-state index is 0.652. The second-order valence-corrected chi connectivity index (χ2v) is 11.4. The van der Waals surface area contributed by atoms with E-state index >= 15 is 0 Å². The summed E-state index contributed by atoms with van der Waals surface area (Å²) >= 11 is 0. The van der Waals surface area contributed by atoms with Crippen LogP contribution in [0.2, 0.25) is 0 Å². The molecule has 9 rings (SSSR count). The topological polar surface area (TPSA) is 54.5 Å². The van der Waals surface area contributed by atoms with Gasteiger partial charge in [0.15, 0.2) is 0 Å². The summed E-state index contributed by atoms with van der Waals surface area (Å²) in [5, 5.41) is 14.2. The van der Waals surface area contributed by atoms with E-state index in [0.717, 1.165) is 82.6 Å². The first kappa shape index (κ1) is 25.2. The predicted octanol–water partition coefficient (Wildman–Crippen LogP) is 10.2. The van der Waals surface area contributed by atoms with E-state index < -0.39 is 0 Å². The number of hydrogen-bond donors (Lipinski definition) is 0. The van der Waals surface area contributed by atoms with E-state index in [1.165, 1.54) is 0 Å². The lowest BCUT2D eigenvalue weighted by Crippen LogP contribution is -1.93. The molecule has 0 fully saturated rings. The maximum atomic E-state index is 9.62. The van der Waals surface area contributed by atoms with Gasteiger partial charge in [0, 0.05) is 21.8 Å². The Morgan fingerprint density at radius 3 is 1.96 bits per heavy atom. The number of fused-ring (bicyclic) bond motifs is 7. The fraction of sp³-hybridized carbons (Fsp3) is 0. The van der Waals surface area contributed by atoms with Crippen molar-refractivity contribution in [3.8, 4) is 34.0 Å². The molecule has 45 heavy (non-hydrogen) atoms. The van der Waals surface area contributed by atoms with Gasteiger partial charge in [-0.3, -0.25) is 0 Å². The molecule has 208 valence electrons. The van der Waals surface area contributed by atoms with Crippen LogP contribution in [0.5, 0.6) is 0 Å². The third-order valence-electron chi connectivity index (χ3n) is 8.79.